The monoisotopic (exact) mass is 881 g/mol. The molecule has 2 aliphatic rings. The minimum absolute atomic E-state index is 0.773. The van der Waals surface area contributed by atoms with Gasteiger partial charge in [0.2, 0.25) is 0 Å². The van der Waals surface area contributed by atoms with Gasteiger partial charge in [0, 0.05) is 49.4 Å². The van der Waals surface area contributed by atoms with Gasteiger partial charge in [-0.05, 0) is 123 Å². The first-order chi connectivity index (χ1) is 34.2. The third kappa shape index (κ3) is 5.34. The fourth-order valence-electron chi connectivity index (χ4n) is 11.9. The molecule has 2 aliphatic carbocycles. The summed E-state index contributed by atoms with van der Waals surface area (Å²) < 4.78 is 20.0. The van der Waals surface area contributed by atoms with Crippen LogP contribution in [0.3, 0.4) is 0 Å². The van der Waals surface area contributed by atoms with Gasteiger partial charge in [-0.15, -0.1) is 0 Å². The predicted molar refractivity (Wildman–Crippen MR) is 282 cm³/mol. The van der Waals surface area contributed by atoms with Gasteiger partial charge in [-0.1, -0.05) is 164 Å². The summed E-state index contributed by atoms with van der Waals surface area (Å²) in [5, 5.41) is 5.49. The maximum atomic E-state index is 7.38. The van der Waals surface area contributed by atoms with E-state index in [1.54, 1.807) is 0 Å². The van der Waals surface area contributed by atoms with E-state index in [0.717, 1.165) is 105 Å². The summed E-state index contributed by atoms with van der Waals surface area (Å²) >= 11 is 0. The molecule has 69 heavy (non-hydrogen) atoms. The molecule has 3 aromatic heterocycles. The molecule has 1 spiro atoms. The molecule has 1 atom stereocenters. The molecule has 0 saturated heterocycles. The zero-order valence-corrected chi connectivity index (χ0v) is 37.2. The van der Waals surface area contributed by atoms with Gasteiger partial charge < -0.3 is 18.2 Å². The van der Waals surface area contributed by atoms with E-state index >= 15 is 0 Å². The summed E-state index contributed by atoms with van der Waals surface area (Å²) in [6, 6.07) is 82.6. The van der Waals surface area contributed by atoms with Crippen molar-refractivity contribution in [3.63, 3.8) is 0 Å². The van der Waals surface area contributed by atoms with Gasteiger partial charge in [-0.3, -0.25) is 0 Å². The zero-order valence-electron chi connectivity index (χ0n) is 37.2. The second kappa shape index (κ2) is 14.4. The average molecular weight is 882 g/mol. The standard InChI is InChI=1S/C65H39NO3/c1-3-17-41(18-4-1)49(37-40-33-35-59-50(38-40)44-21-8-12-30-56(44)67-59)46-25-15-27-54-62(46)63-48-24-10-14-32-58(48)69-64(63)65(54)52-26-11-7-23-47(52)61-53(65)28-16-29-55(61)66(42-19-5-2-6-20-42)43-34-36-60-51(39-43)45-22-9-13-31-57(45)68-60/h1-39H. The quantitative estimate of drug-likeness (QED) is 0.156. The van der Waals surface area contributed by atoms with E-state index in [-0.39, 0.29) is 0 Å². The van der Waals surface area contributed by atoms with Crippen molar-refractivity contribution in [2.24, 2.45) is 0 Å². The van der Waals surface area contributed by atoms with Crippen molar-refractivity contribution in [2.45, 2.75) is 5.41 Å². The van der Waals surface area contributed by atoms with Gasteiger partial charge in [0.25, 0.3) is 0 Å². The Bertz CT molecular complexity index is 4270. The van der Waals surface area contributed by atoms with Crippen molar-refractivity contribution in [1.29, 1.82) is 0 Å². The summed E-state index contributed by atoms with van der Waals surface area (Å²) in [7, 11) is 0. The Morgan fingerprint density at radius 2 is 0.942 bits per heavy atom. The van der Waals surface area contributed by atoms with E-state index in [1.165, 1.54) is 33.4 Å². The minimum atomic E-state index is -0.773. The zero-order chi connectivity index (χ0) is 45.2. The Morgan fingerprint density at radius 3 is 1.70 bits per heavy atom. The molecule has 0 saturated carbocycles. The lowest BCUT2D eigenvalue weighted by molar-refractivity contribution is 0.507. The summed E-state index contributed by atoms with van der Waals surface area (Å²) in [5.74, 6) is 0.950. The largest absolute Gasteiger partial charge is 0.459 e. The molecular formula is C65H39NO3. The maximum absolute atomic E-state index is 7.38. The van der Waals surface area contributed by atoms with Crippen LogP contribution in [-0.4, -0.2) is 0 Å². The highest BCUT2D eigenvalue weighted by Crippen LogP contribution is 2.67. The Morgan fingerprint density at radius 1 is 0.377 bits per heavy atom. The molecule has 4 nitrogen and oxygen atoms in total. The number of hydrogen-bond acceptors (Lipinski definition) is 4. The molecule has 0 bridgehead atoms. The van der Waals surface area contributed by atoms with Crippen molar-refractivity contribution < 1.29 is 13.3 Å². The fourth-order valence-corrected chi connectivity index (χ4v) is 11.9. The molecule has 0 aliphatic heterocycles. The summed E-state index contributed by atoms with van der Waals surface area (Å²) in [5.41, 5.74) is 19.6. The highest BCUT2D eigenvalue weighted by molar-refractivity contribution is 6.12. The Labute approximate surface area is 397 Å². The first-order valence-corrected chi connectivity index (χ1v) is 23.6. The number of anilines is 3. The van der Waals surface area contributed by atoms with Crippen LogP contribution in [0.15, 0.2) is 244 Å². The second-order valence-corrected chi connectivity index (χ2v) is 18.3. The summed E-state index contributed by atoms with van der Waals surface area (Å²) in [4.78, 5) is 2.41. The molecule has 10 aromatic carbocycles. The number of hydrogen-bond donors (Lipinski definition) is 0. The van der Waals surface area contributed by atoms with Crippen LogP contribution in [-0.2, 0) is 5.41 Å². The molecule has 1 unspecified atom stereocenters. The molecule has 13 aromatic rings. The molecule has 322 valence electrons. The average Bonchev–Trinajstić information content (AvgIpc) is 4.21. The third-order valence-corrected chi connectivity index (χ3v) is 14.7. The number of nitrogens with zero attached hydrogens (tertiary/aromatic N) is 1. The van der Waals surface area contributed by atoms with Crippen LogP contribution in [0.2, 0.25) is 0 Å². The number of para-hydroxylation sites is 4. The lowest BCUT2D eigenvalue weighted by Gasteiger charge is -2.30. The van der Waals surface area contributed by atoms with Gasteiger partial charge in [0.15, 0.2) is 0 Å². The molecule has 0 amide bonds. The molecular weight excluding hydrogens is 843 g/mol. The Kier molecular flexibility index (Phi) is 7.96. The smallest absolute Gasteiger partial charge is 0.135 e. The van der Waals surface area contributed by atoms with Crippen molar-refractivity contribution in [3.05, 3.63) is 270 Å². The predicted octanol–water partition coefficient (Wildman–Crippen LogP) is 17.6. The van der Waals surface area contributed by atoms with Crippen LogP contribution in [0.4, 0.5) is 17.1 Å². The summed E-state index contributed by atoms with van der Waals surface area (Å²) in [6.45, 7) is 0. The van der Waals surface area contributed by atoms with Crippen molar-refractivity contribution in [3.8, 4) is 22.3 Å². The van der Waals surface area contributed by atoms with Crippen molar-refractivity contribution >= 4 is 83.6 Å². The first kappa shape index (κ1) is 38.0. The molecule has 0 fully saturated rings. The number of rotatable bonds is 6. The molecule has 15 rings (SSSR count). The van der Waals surface area contributed by atoms with Gasteiger partial charge in [0.05, 0.1) is 5.69 Å². The van der Waals surface area contributed by atoms with Gasteiger partial charge in [-0.25, -0.2) is 0 Å². The van der Waals surface area contributed by atoms with E-state index in [1.807, 2.05) is 24.3 Å². The Hall–Kier alpha value is -9.12. The van der Waals surface area contributed by atoms with Crippen LogP contribution in [0.1, 0.15) is 39.1 Å². The summed E-state index contributed by atoms with van der Waals surface area (Å²) in [6.07, 6.45) is 2.35. The number of benzene rings is 10. The van der Waals surface area contributed by atoms with Crippen LogP contribution < -0.4 is 4.90 Å². The van der Waals surface area contributed by atoms with E-state index < -0.39 is 5.41 Å². The van der Waals surface area contributed by atoms with Crippen LogP contribution >= 0.6 is 0 Å². The normalized spacial score (nSPS) is 14.8. The molecule has 4 heteroatoms. The Balaban J connectivity index is 1.01. The van der Waals surface area contributed by atoms with Gasteiger partial charge in [-0.2, -0.15) is 0 Å². The third-order valence-electron chi connectivity index (χ3n) is 14.7. The van der Waals surface area contributed by atoms with Crippen LogP contribution in [0, 0.1) is 0 Å². The number of furan rings is 3. The lowest BCUT2D eigenvalue weighted by Crippen LogP contribution is -2.25. The molecule has 0 radical (unpaired) electrons. The van der Waals surface area contributed by atoms with E-state index in [0.29, 0.717) is 0 Å². The topological polar surface area (TPSA) is 42.7 Å². The lowest BCUT2D eigenvalue weighted by atomic mass is 9.72. The first-order valence-electron chi connectivity index (χ1n) is 23.6. The van der Waals surface area contributed by atoms with Crippen molar-refractivity contribution in [2.75, 3.05) is 4.90 Å². The van der Waals surface area contributed by atoms with E-state index in [4.69, 9.17) is 13.3 Å². The van der Waals surface area contributed by atoms with Crippen LogP contribution in [0.25, 0.3) is 88.7 Å². The SMILES string of the molecule is C(=C(c1ccccc1)c1cccc2c1-c1c(oc3ccccc13)C21c2ccccc2-c2c(N(c3ccccc3)c3ccc4oc5ccccc5c4c3)cccc21)c1ccc2oc3ccccc3c2c1. The van der Waals surface area contributed by atoms with Gasteiger partial charge in [0.1, 0.15) is 39.1 Å². The van der Waals surface area contributed by atoms with Crippen molar-refractivity contribution in [1.82, 2.24) is 0 Å². The second-order valence-electron chi connectivity index (χ2n) is 18.3. The molecule has 3 heterocycles. The van der Waals surface area contributed by atoms with Crippen LogP contribution in [0.5, 0.6) is 0 Å². The van der Waals surface area contributed by atoms with Gasteiger partial charge >= 0.3 is 0 Å². The molecule has 0 N–H and O–H groups in total. The minimum Gasteiger partial charge on any atom is -0.459 e. The fraction of sp³-hybridized carbons (Fsp3) is 0.0154. The van der Waals surface area contributed by atoms with E-state index in [2.05, 4.69) is 217 Å². The highest BCUT2D eigenvalue weighted by atomic mass is 16.3. The number of fused-ring (bicyclic) bond motifs is 18. The van der Waals surface area contributed by atoms with E-state index in [9.17, 15) is 0 Å². The maximum Gasteiger partial charge on any atom is 0.135 e. The highest BCUT2D eigenvalue weighted by Gasteiger charge is 2.56.